The molecule has 1 heterocycles. The van der Waals surface area contributed by atoms with Crippen molar-refractivity contribution < 1.29 is 4.79 Å². The highest BCUT2D eigenvalue weighted by Crippen LogP contribution is 2.39. The Kier molecular flexibility index (Phi) is 6.23. The van der Waals surface area contributed by atoms with Crippen LogP contribution >= 0.6 is 11.6 Å². The fourth-order valence-electron chi connectivity index (χ4n) is 5.05. The Morgan fingerprint density at radius 2 is 1.72 bits per heavy atom. The number of piperazine rings is 1. The lowest BCUT2D eigenvalue weighted by molar-refractivity contribution is -0.122. The van der Waals surface area contributed by atoms with Gasteiger partial charge in [-0.1, -0.05) is 61.0 Å². The standard InChI is InChI=1S/C24H30ClN3O/c1-2-26-24(19-8-4-3-5-9-19)14-12-20(13-15-24)27-16-17-28(23(29)18-27)22-11-7-6-10-21(22)25/h3-11,20,26H,2,12-18H2,1H3. The number of hydrogen-bond donors (Lipinski definition) is 1. The average molecular weight is 412 g/mol. The Bertz CT molecular complexity index is 833. The molecule has 1 saturated carbocycles. The van der Waals surface area contributed by atoms with E-state index in [-0.39, 0.29) is 11.4 Å². The van der Waals surface area contributed by atoms with Gasteiger partial charge in [0.2, 0.25) is 5.91 Å². The molecule has 1 aliphatic carbocycles. The molecule has 0 radical (unpaired) electrons. The Labute approximate surface area is 178 Å². The molecule has 2 fully saturated rings. The molecule has 1 saturated heterocycles. The first-order valence-electron chi connectivity index (χ1n) is 10.7. The summed E-state index contributed by atoms with van der Waals surface area (Å²) in [4.78, 5) is 17.1. The van der Waals surface area contributed by atoms with Crippen molar-refractivity contribution in [1.82, 2.24) is 10.2 Å². The number of carbonyl (C=O) groups excluding carboxylic acids is 1. The second-order valence-electron chi connectivity index (χ2n) is 8.18. The van der Waals surface area contributed by atoms with Crippen LogP contribution in [-0.2, 0) is 10.3 Å². The Hall–Kier alpha value is -1.88. The lowest BCUT2D eigenvalue weighted by Crippen LogP contribution is -2.56. The lowest BCUT2D eigenvalue weighted by atomic mass is 9.74. The molecule has 1 aliphatic heterocycles. The van der Waals surface area contributed by atoms with Gasteiger partial charge in [-0.3, -0.25) is 9.69 Å². The van der Waals surface area contributed by atoms with Crippen molar-refractivity contribution in [2.75, 3.05) is 31.1 Å². The number of para-hydroxylation sites is 1. The minimum atomic E-state index is 0.0654. The van der Waals surface area contributed by atoms with Crippen molar-refractivity contribution in [2.45, 2.75) is 44.2 Å². The largest absolute Gasteiger partial charge is 0.309 e. The van der Waals surface area contributed by atoms with E-state index in [0.717, 1.165) is 44.5 Å². The van der Waals surface area contributed by atoms with E-state index in [1.54, 1.807) is 0 Å². The highest BCUT2D eigenvalue weighted by atomic mass is 35.5. The van der Waals surface area contributed by atoms with Crippen molar-refractivity contribution >= 4 is 23.2 Å². The quantitative estimate of drug-likeness (QED) is 0.790. The summed E-state index contributed by atoms with van der Waals surface area (Å²) in [5, 5.41) is 4.42. The summed E-state index contributed by atoms with van der Waals surface area (Å²) in [7, 11) is 0. The van der Waals surface area contributed by atoms with E-state index in [9.17, 15) is 4.79 Å². The van der Waals surface area contributed by atoms with Gasteiger partial charge in [0.05, 0.1) is 17.3 Å². The van der Waals surface area contributed by atoms with Gasteiger partial charge in [0.25, 0.3) is 0 Å². The van der Waals surface area contributed by atoms with Gasteiger partial charge in [-0.2, -0.15) is 0 Å². The third kappa shape index (κ3) is 4.20. The summed E-state index contributed by atoms with van der Waals surface area (Å²) in [6.45, 7) is 5.24. The number of benzene rings is 2. The van der Waals surface area contributed by atoms with E-state index < -0.39 is 0 Å². The number of anilines is 1. The van der Waals surface area contributed by atoms with Crippen molar-refractivity contribution in [2.24, 2.45) is 0 Å². The van der Waals surface area contributed by atoms with Crippen LogP contribution in [0.1, 0.15) is 38.2 Å². The Morgan fingerprint density at radius 1 is 1.03 bits per heavy atom. The fraction of sp³-hybridized carbons (Fsp3) is 0.458. The summed E-state index contributed by atoms with van der Waals surface area (Å²) in [6.07, 6.45) is 4.44. The zero-order valence-corrected chi connectivity index (χ0v) is 17.9. The summed E-state index contributed by atoms with van der Waals surface area (Å²) in [5.74, 6) is 0.149. The van der Waals surface area contributed by atoms with Crippen LogP contribution in [0.15, 0.2) is 54.6 Å². The highest BCUT2D eigenvalue weighted by molar-refractivity contribution is 6.33. The third-order valence-corrected chi connectivity index (χ3v) is 6.88. The molecule has 2 aromatic rings. The number of nitrogens with zero attached hydrogens (tertiary/aromatic N) is 2. The molecule has 0 unspecified atom stereocenters. The molecule has 4 nitrogen and oxygen atoms in total. The second-order valence-corrected chi connectivity index (χ2v) is 8.58. The Balaban J connectivity index is 1.41. The molecule has 0 atom stereocenters. The fourth-order valence-corrected chi connectivity index (χ4v) is 5.29. The van der Waals surface area contributed by atoms with Gasteiger partial charge >= 0.3 is 0 Å². The molecule has 2 aromatic carbocycles. The van der Waals surface area contributed by atoms with Crippen LogP contribution in [0.4, 0.5) is 5.69 Å². The van der Waals surface area contributed by atoms with Crippen LogP contribution in [0.3, 0.4) is 0 Å². The first-order valence-corrected chi connectivity index (χ1v) is 11.1. The van der Waals surface area contributed by atoms with Crippen LogP contribution in [0.25, 0.3) is 0 Å². The minimum Gasteiger partial charge on any atom is -0.309 e. The van der Waals surface area contributed by atoms with Crippen LogP contribution in [0.5, 0.6) is 0 Å². The zero-order chi connectivity index (χ0) is 20.3. The summed E-state index contributed by atoms with van der Waals surface area (Å²) < 4.78 is 0. The van der Waals surface area contributed by atoms with Gasteiger partial charge in [-0.15, -0.1) is 0 Å². The number of halogens is 1. The van der Waals surface area contributed by atoms with Crippen molar-refractivity contribution in [3.05, 3.63) is 65.2 Å². The lowest BCUT2D eigenvalue weighted by Gasteiger charge is -2.46. The maximum absolute atomic E-state index is 12.9. The van der Waals surface area contributed by atoms with Gasteiger partial charge in [-0.25, -0.2) is 0 Å². The van der Waals surface area contributed by atoms with E-state index >= 15 is 0 Å². The molecule has 29 heavy (non-hydrogen) atoms. The van der Waals surface area contributed by atoms with E-state index in [1.165, 1.54) is 5.56 Å². The normalized spacial score (nSPS) is 25.9. The molecular weight excluding hydrogens is 382 g/mol. The highest BCUT2D eigenvalue weighted by Gasteiger charge is 2.39. The van der Waals surface area contributed by atoms with E-state index in [1.807, 2.05) is 29.2 Å². The van der Waals surface area contributed by atoms with Crippen LogP contribution < -0.4 is 10.2 Å². The van der Waals surface area contributed by atoms with Gasteiger partial charge in [-0.05, 0) is 49.9 Å². The second kappa shape index (κ2) is 8.86. The van der Waals surface area contributed by atoms with Gasteiger partial charge in [0.15, 0.2) is 0 Å². The first-order chi connectivity index (χ1) is 14.1. The predicted molar refractivity (Wildman–Crippen MR) is 119 cm³/mol. The summed E-state index contributed by atoms with van der Waals surface area (Å²) >= 11 is 6.31. The first kappa shape index (κ1) is 20.4. The third-order valence-electron chi connectivity index (χ3n) is 6.56. The Morgan fingerprint density at radius 3 is 2.38 bits per heavy atom. The molecular formula is C24H30ClN3O. The number of carbonyl (C=O) groups is 1. The van der Waals surface area contributed by atoms with Crippen LogP contribution in [0, 0.1) is 0 Å². The molecule has 5 heteroatoms. The topological polar surface area (TPSA) is 35.6 Å². The molecule has 2 aliphatic rings. The van der Waals surface area contributed by atoms with Gasteiger partial charge in [0, 0.05) is 24.7 Å². The predicted octanol–water partition coefficient (Wildman–Crippen LogP) is 4.44. The molecule has 0 bridgehead atoms. The van der Waals surface area contributed by atoms with Crippen molar-refractivity contribution in [3.8, 4) is 0 Å². The van der Waals surface area contributed by atoms with Crippen molar-refractivity contribution in [1.29, 1.82) is 0 Å². The molecule has 1 N–H and O–H groups in total. The van der Waals surface area contributed by atoms with E-state index in [4.69, 9.17) is 11.6 Å². The average Bonchev–Trinajstić information content (AvgIpc) is 2.76. The zero-order valence-electron chi connectivity index (χ0n) is 17.1. The van der Waals surface area contributed by atoms with Crippen LogP contribution in [0.2, 0.25) is 5.02 Å². The maximum atomic E-state index is 12.9. The minimum absolute atomic E-state index is 0.0654. The van der Waals surface area contributed by atoms with Gasteiger partial charge in [0.1, 0.15) is 0 Å². The van der Waals surface area contributed by atoms with Crippen molar-refractivity contribution in [3.63, 3.8) is 0 Å². The smallest absolute Gasteiger partial charge is 0.241 e. The molecule has 0 aromatic heterocycles. The summed E-state index contributed by atoms with van der Waals surface area (Å²) in [5.41, 5.74) is 2.29. The maximum Gasteiger partial charge on any atom is 0.241 e. The number of hydrogen-bond acceptors (Lipinski definition) is 3. The molecule has 154 valence electrons. The van der Waals surface area contributed by atoms with Crippen LogP contribution in [-0.4, -0.2) is 43.0 Å². The molecule has 1 amide bonds. The van der Waals surface area contributed by atoms with E-state index in [2.05, 4.69) is 47.5 Å². The number of amides is 1. The SMILES string of the molecule is CCNC1(c2ccccc2)CCC(N2CCN(c3ccccc3Cl)C(=O)C2)CC1. The van der Waals surface area contributed by atoms with Gasteiger partial charge < -0.3 is 10.2 Å². The number of nitrogens with one attached hydrogen (secondary N) is 1. The molecule has 0 spiro atoms. The summed E-state index contributed by atoms with van der Waals surface area (Å²) in [6, 6.07) is 18.9. The number of rotatable bonds is 5. The monoisotopic (exact) mass is 411 g/mol. The van der Waals surface area contributed by atoms with E-state index in [0.29, 0.717) is 24.2 Å². The molecule has 4 rings (SSSR count).